The first kappa shape index (κ1) is 17.1. The zero-order valence-corrected chi connectivity index (χ0v) is 14.0. The van der Waals surface area contributed by atoms with Gasteiger partial charge in [0.15, 0.2) is 17.3 Å². The minimum absolute atomic E-state index is 0.0286. The lowest BCUT2D eigenvalue weighted by Crippen LogP contribution is -2.27. The maximum atomic E-state index is 14.3. The molecule has 1 aliphatic rings. The summed E-state index contributed by atoms with van der Waals surface area (Å²) in [6.45, 7) is 1.56. The molecule has 2 N–H and O–H groups in total. The Hall–Kier alpha value is -2.77. The zero-order chi connectivity index (χ0) is 17.8. The maximum Gasteiger partial charge on any atom is 0.360 e. The number of carbonyl (C=O) groups is 1. The summed E-state index contributed by atoms with van der Waals surface area (Å²) in [7, 11) is 1.23. The van der Waals surface area contributed by atoms with E-state index in [0.29, 0.717) is 5.82 Å². The first-order valence-electron chi connectivity index (χ1n) is 8.23. The van der Waals surface area contributed by atoms with Crippen molar-refractivity contribution in [3.8, 4) is 11.3 Å². The minimum atomic E-state index is -0.710. The Morgan fingerprint density at radius 2 is 1.96 bits per heavy atom. The van der Waals surface area contributed by atoms with Crippen LogP contribution in [0.2, 0.25) is 0 Å². The van der Waals surface area contributed by atoms with Crippen LogP contribution in [-0.2, 0) is 4.74 Å². The molecule has 1 saturated heterocycles. The number of hydrogen-bond donors (Lipinski definition) is 1. The molecule has 8 heteroatoms. The molecule has 0 amide bonds. The monoisotopic (exact) mass is 345 g/mol. The summed E-state index contributed by atoms with van der Waals surface area (Å²) in [6, 6.07) is 3.17. The molecule has 0 bridgehead atoms. The van der Waals surface area contributed by atoms with Crippen LogP contribution in [0, 0.1) is 5.95 Å². The molecule has 0 radical (unpaired) electrons. The van der Waals surface area contributed by atoms with Gasteiger partial charge in [0.2, 0.25) is 5.95 Å². The third-order valence-electron chi connectivity index (χ3n) is 4.20. The first-order valence-corrected chi connectivity index (χ1v) is 8.23. The molecular formula is C17H20FN5O2. The van der Waals surface area contributed by atoms with E-state index in [1.807, 2.05) is 4.90 Å². The Bertz CT molecular complexity index is 776. The van der Waals surface area contributed by atoms with E-state index in [1.54, 1.807) is 12.1 Å². The largest absolute Gasteiger partial charge is 0.464 e. The molecule has 132 valence electrons. The van der Waals surface area contributed by atoms with Crippen molar-refractivity contribution in [2.24, 2.45) is 0 Å². The van der Waals surface area contributed by atoms with Crippen molar-refractivity contribution in [2.45, 2.75) is 25.7 Å². The predicted octanol–water partition coefficient (Wildman–Crippen LogP) is 2.43. The predicted molar refractivity (Wildman–Crippen MR) is 91.7 cm³/mol. The number of rotatable bonds is 3. The number of esters is 1. The van der Waals surface area contributed by atoms with Crippen LogP contribution in [0.3, 0.4) is 0 Å². The maximum absolute atomic E-state index is 14.3. The molecule has 0 saturated carbocycles. The normalized spacial score (nSPS) is 14.9. The number of nitrogens with two attached hydrogens (primary N) is 1. The van der Waals surface area contributed by atoms with Gasteiger partial charge >= 0.3 is 5.97 Å². The standard InChI is InChI=1S/C17H20FN5O2/c1-25-17(24)13-15(19)22-16(23-9-4-2-3-5-10-23)12(21-13)11-7-6-8-20-14(11)18/h6-8H,2-5,9-10H2,1H3,(H2,19,22). The Morgan fingerprint density at radius 3 is 2.60 bits per heavy atom. The fourth-order valence-electron chi connectivity index (χ4n) is 2.93. The minimum Gasteiger partial charge on any atom is -0.464 e. The zero-order valence-electron chi connectivity index (χ0n) is 14.0. The van der Waals surface area contributed by atoms with E-state index in [2.05, 4.69) is 15.0 Å². The van der Waals surface area contributed by atoms with Crippen molar-refractivity contribution >= 4 is 17.6 Å². The van der Waals surface area contributed by atoms with Gasteiger partial charge in [-0.25, -0.2) is 19.7 Å². The summed E-state index contributed by atoms with van der Waals surface area (Å²) in [5.41, 5.74) is 6.22. The van der Waals surface area contributed by atoms with Gasteiger partial charge in [-0.2, -0.15) is 4.39 Å². The smallest absolute Gasteiger partial charge is 0.360 e. The van der Waals surface area contributed by atoms with Crippen LogP contribution in [0.15, 0.2) is 18.3 Å². The van der Waals surface area contributed by atoms with Gasteiger partial charge in [-0.15, -0.1) is 0 Å². The number of methoxy groups -OCH3 is 1. The highest BCUT2D eigenvalue weighted by atomic mass is 19.1. The van der Waals surface area contributed by atoms with E-state index < -0.39 is 11.9 Å². The fraction of sp³-hybridized carbons (Fsp3) is 0.412. The van der Waals surface area contributed by atoms with Crippen molar-refractivity contribution < 1.29 is 13.9 Å². The molecule has 0 unspecified atom stereocenters. The Labute approximate surface area is 145 Å². The van der Waals surface area contributed by atoms with Gasteiger partial charge in [0, 0.05) is 19.3 Å². The van der Waals surface area contributed by atoms with Crippen LogP contribution in [0.25, 0.3) is 11.3 Å². The van der Waals surface area contributed by atoms with Crippen molar-refractivity contribution in [2.75, 3.05) is 30.8 Å². The van der Waals surface area contributed by atoms with E-state index in [4.69, 9.17) is 10.5 Å². The molecule has 0 atom stereocenters. The molecule has 1 fully saturated rings. The second-order valence-corrected chi connectivity index (χ2v) is 5.86. The third kappa shape index (κ3) is 3.52. The van der Waals surface area contributed by atoms with Gasteiger partial charge in [0.1, 0.15) is 5.69 Å². The summed E-state index contributed by atoms with van der Waals surface area (Å²) in [5.74, 6) is -0.940. The number of nitrogen functional groups attached to an aromatic ring is 1. The van der Waals surface area contributed by atoms with Gasteiger partial charge < -0.3 is 15.4 Å². The van der Waals surface area contributed by atoms with Crippen molar-refractivity contribution in [3.63, 3.8) is 0 Å². The lowest BCUT2D eigenvalue weighted by molar-refractivity contribution is 0.0595. The second-order valence-electron chi connectivity index (χ2n) is 5.86. The third-order valence-corrected chi connectivity index (χ3v) is 4.20. The molecule has 2 aromatic heterocycles. The Balaban J connectivity index is 2.17. The number of aromatic nitrogens is 3. The quantitative estimate of drug-likeness (QED) is 0.674. The van der Waals surface area contributed by atoms with Crippen LogP contribution in [0.1, 0.15) is 36.2 Å². The van der Waals surface area contributed by atoms with Crippen molar-refractivity contribution in [3.05, 3.63) is 30.0 Å². The van der Waals surface area contributed by atoms with Gasteiger partial charge in [-0.1, -0.05) is 12.8 Å². The summed E-state index contributed by atoms with van der Waals surface area (Å²) in [6.07, 6.45) is 5.65. The fourth-order valence-corrected chi connectivity index (χ4v) is 2.93. The molecule has 1 aliphatic heterocycles. The van der Waals surface area contributed by atoms with E-state index >= 15 is 0 Å². The van der Waals surface area contributed by atoms with E-state index in [0.717, 1.165) is 38.8 Å². The number of anilines is 2. The van der Waals surface area contributed by atoms with Gasteiger partial charge in [-0.3, -0.25) is 0 Å². The molecule has 3 heterocycles. The van der Waals surface area contributed by atoms with Gasteiger partial charge in [0.25, 0.3) is 0 Å². The summed E-state index contributed by atoms with van der Waals surface area (Å²) in [5, 5.41) is 0. The molecule has 0 spiro atoms. The summed E-state index contributed by atoms with van der Waals surface area (Å²) >= 11 is 0. The molecule has 7 nitrogen and oxygen atoms in total. The van der Waals surface area contributed by atoms with E-state index in [9.17, 15) is 9.18 Å². The van der Waals surface area contributed by atoms with Gasteiger partial charge in [-0.05, 0) is 25.0 Å². The molecule has 2 aromatic rings. The average molecular weight is 345 g/mol. The van der Waals surface area contributed by atoms with Crippen LogP contribution in [0.5, 0.6) is 0 Å². The van der Waals surface area contributed by atoms with Gasteiger partial charge in [0.05, 0.1) is 12.7 Å². The number of hydrogen-bond acceptors (Lipinski definition) is 7. The average Bonchev–Trinajstić information content (AvgIpc) is 2.91. The SMILES string of the molecule is COC(=O)c1nc(-c2cccnc2F)c(N2CCCCCC2)nc1N. The van der Waals surface area contributed by atoms with Crippen molar-refractivity contribution in [1.82, 2.24) is 15.0 Å². The summed E-state index contributed by atoms with van der Waals surface area (Å²) < 4.78 is 19.0. The van der Waals surface area contributed by atoms with Crippen molar-refractivity contribution in [1.29, 1.82) is 0 Å². The lowest BCUT2D eigenvalue weighted by Gasteiger charge is -2.24. The van der Waals surface area contributed by atoms with Crippen LogP contribution in [0.4, 0.5) is 16.0 Å². The molecule has 0 aromatic carbocycles. The number of halogens is 1. The topological polar surface area (TPSA) is 94.2 Å². The molecular weight excluding hydrogens is 325 g/mol. The van der Waals surface area contributed by atoms with E-state index in [-0.39, 0.29) is 22.8 Å². The van der Waals surface area contributed by atoms with Crippen LogP contribution >= 0.6 is 0 Å². The summed E-state index contributed by atoms with van der Waals surface area (Å²) in [4.78, 5) is 26.3. The Morgan fingerprint density at radius 1 is 1.24 bits per heavy atom. The lowest BCUT2D eigenvalue weighted by atomic mass is 10.1. The number of ether oxygens (including phenoxy) is 1. The number of pyridine rings is 1. The highest BCUT2D eigenvalue weighted by molar-refractivity contribution is 5.93. The first-order chi connectivity index (χ1) is 12.1. The van der Waals surface area contributed by atoms with Crippen LogP contribution in [-0.4, -0.2) is 41.1 Å². The second kappa shape index (κ2) is 7.42. The molecule has 0 aliphatic carbocycles. The van der Waals surface area contributed by atoms with E-state index in [1.165, 1.54) is 13.3 Å². The highest BCUT2D eigenvalue weighted by Gasteiger charge is 2.24. The molecule has 3 rings (SSSR count). The Kier molecular flexibility index (Phi) is 5.06. The number of nitrogens with zero attached hydrogens (tertiary/aromatic N) is 4. The number of carbonyl (C=O) groups excluding carboxylic acids is 1. The van der Waals surface area contributed by atoms with Crippen LogP contribution < -0.4 is 10.6 Å². The highest BCUT2D eigenvalue weighted by Crippen LogP contribution is 2.32. The molecule has 25 heavy (non-hydrogen) atoms.